The van der Waals surface area contributed by atoms with Crippen molar-refractivity contribution in [1.29, 1.82) is 0 Å². The van der Waals surface area contributed by atoms with Crippen molar-refractivity contribution in [3.63, 3.8) is 0 Å². The van der Waals surface area contributed by atoms with Crippen LogP contribution in [0.25, 0.3) is 0 Å². The molecule has 0 aromatic heterocycles. The highest BCUT2D eigenvalue weighted by Crippen LogP contribution is 2.19. The summed E-state index contributed by atoms with van der Waals surface area (Å²) in [6.07, 6.45) is 0.825. The van der Waals surface area contributed by atoms with Gasteiger partial charge in [0.2, 0.25) is 5.91 Å². The molecule has 2 aromatic carbocycles. The lowest BCUT2D eigenvalue weighted by Gasteiger charge is -2.36. The van der Waals surface area contributed by atoms with Crippen LogP contribution in [0.1, 0.15) is 24.8 Å². The highest BCUT2D eigenvalue weighted by atomic mass is 16.1. The minimum atomic E-state index is -0.0499. The molecule has 1 atom stereocenters. The molecule has 0 radical (unpaired) electrons. The second-order valence-corrected chi connectivity index (χ2v) is 6.83. The summed E-state index contributed by atoms with van der Waals surface area (Å²) in [5.74, 6) is 0.0905. The van der Waals surface area contributed by atoms with Crippen molar-refractivity contribution < 1.29 is 4.79 Å². The van der Waals surface area contributed by atoms with E-state index >= 15 is 0 Å². The van der Waals surface area contributed by atoms with Crippen LogP contribution in [0.2, 0.25) is 0 Å². The number of carbonyl (C=O) groups is 1. The van der Waals surface area contributed by atoms with Crippen LogP contribution in [0.4, 0.5) is 5.69 Å². The summed E-state index contributed by atoms with van der Waals surface area (Å²) in [5.41, 5.74) is 2.40. The number of benzene rings is 2. The number of para-hydroxylation sites is 1. The quantitative estimate of drug-likeness (QED) is 0.832. The topological polar surface area (TPSA) is 35.6 Å². The van der Waals surface area contributed by atoms with Gasteiger partial charge in [0.25, 0.3) is 0 Å². The first-order valence-corrected chi connectivity index (χ1v) is 9.63. The molecule has 3 rings (SSSR count). The van der Waals surface area contributed by atoms with Crippen LogP contribution in [-0.2, 0) is 4.79 Å². The van der Waals surface area contributed by atoms with E-state index in [0.717, 1.165) is 44.7 Å². The summed E-state index contributed by atoms with van der Waals surface area (Å²) in [6, 6.07) is 20.6. The lowest BCUT2D eigenvalue weighted by atomic mass is 9.96. The highest BCUT2D eigenvalue weighted by Gasteiger charge is 2.19. The lowest BCUT2D eigenvalue weighted by Crippen LogP contribution is -2.48. The number of carbonyl (C=O) groups excluding carboxylic acids is 1. The Hall–Kier alpha value is -2.33. The average molecular weight is 351 g/mol. The lowest BCUT2D eigenvalue weighted by molar-refractivity contribution is -0.122. The van der Waals surface area contributed by atoms with E-state index in [0.29, 0.717) is 6.54 Å². The summed E-state index contributed by atoms with van der Waals surface area (Å²) in [7, 11) is 0. The molecular formula is C22H29N3O. The van der Waals surface area contributed by atoms with Gasteiger partial charge in [-0.3, -0.25) is 9.69 Å². The van der Waals surface area contributed by atoms with Gasteiger partial charge in [-0.2, -0.15) is 0 Å². The zero-order valence-corrected chi connectivity index (χ0v) is 15.6. The van der Waals surface area contributed by atoms with Crippen molar-refractivity contribution in [2.75, 3.05) is 44.2 Å². The molecule has 1 saturated heterocycles. The fraction of sp³-hybridized carbons (Fsp3) is 0.409. The van der Waals surface area contributed by atoms with Crippen molar-refractivity contribution in [2.24, 2.45) is 0 Å². The van der Waals surface area contributed by atoms with Crippen molar-refractivity contribution in [3.05, 3.63) is 66.2 Å². The first kappa shape index (κ1) is 18.5. The molecule has 0 spiro atoms. The normalized spacial score (nSPS) is 16.3. The third-order valence-corrected chi connectivity index (χ3v) is 5.15. The summed E-state index contributed by atoms with van der Waals surface area (Å²) >= 11 is 0. The van der Waals surface area contributed by atoms with E-state index < -0.39 is 0 Å². The molecule has 1 N–H and O–H groups in total. The molecule has 1 amide bonds. The fourth-order valence-corrected chi connectivity index (χ4v) is 3.59. The van der Waals surface area contributed by atoms with Gasteiger partial charge in [0, 0.05) is 45.0 Å². The van der Waals surface area contributed by atoms with Crippen LogP contribution in [0.15, 0.2) is 60.7 Å². The Morgan fingerprint density at radius 2 is 1.58 bits per heavy atom. The number of nitrogens with one attached hydrogen (secondary N) is 1. The number of rotatable bonds is 7. The second-order valence-electron chi connectivity index (χ2n) is 6.83. The average Bonchev–Trinajstić information content (AvgIpc) is 2.71. The molecule has 1 aliphatic heterocycles. The number of amides is 1. The first-order valence-electron chi connectivity index (χ1n) is 9.63. The SMILES string of the molecule is CCC(C(=O)NCCN1CCN(c2ccccc2)CC1)c1ccccc1. The van der Waals surface area contributed by atoms with Gasteiger partial charge in [-0.05, 0) is 24.1 Å². The van der Waals surface area contributed by atoms with Gasteiger partial charge in [0.1, 0.15) is 0 Å². The Bertz CT molecular complexity index is 666. The molecule has 2 aromatic rings. The predicted octanol–water partition coefficient (Wildman–Crippen LogP) is 3.12. The second kappa shape index (κ2) is 9.39. The van der Waals surface area contributed by atoms with Gasteiger partial charge >= 0.3 is 0 Å². The van der Waals surface area contributed by atoms with E-state index in [-0.39, 0.29) is 11.8 Å². The Morgan fingerprint density at radius 1 is 0.962 bits per heavy atom. The fourth-order valence-electron chi connectivity index (χ4n) is 3.59. The van der Waals surface area contributed by atoms with Crippen LogP contribution in [0.3, 0.4) is 0 Å². The van der Waals surface area contributed by atoms with E-state index in [1.807, 2.05) is 30.3 Å². The molecule has 0 aliphatic carbocycles. The highest BCUT2D eigenvalue weighted by molar-refractivity contribution is 5.83. The Balaban J connectivity index is 1.41. The number of nitrogens with zero attached hydrogens (tertiary/aromatic N) is 2. The van der Waals surface area contributed by atoms with Crippen LogP contribution in [0, 0.1) is 0 Å². The molecule has 26 heavy (non-hydrogen) atoms. The summed E-state index contributed by atoms with van der Waals surface area (Å²) in [6.45, 7) is 7.87. The molecule has 0 bridgehead atoms. The number of piperazine rings is 1. The van der Waals surface area contributed by atoms with Crippen LogP contribution in [-0.4, -0.2) is 50.1 Å². The Morgan fingerprint density at radius 3 is 2.19 bits per heavy atom. The van der Waals surface area contributed by atoms with Gasteiger partial charge < -0.3 is 10.2 Å². The summed E-state index contributed by atoms with van der Waals surface area (Å²) < 4.78 is 0. The third-order valence-electron chi connectivity index (χ3n) is 5.15. The zero-order chi connectivity index (χ0) is 18.2. The molecule has 4 heteroatoms. The molecule has 4 nitrogen and oxygen atoms in total. The first-order chi connectivity index (χ1) is 12.8. The van der Waals surface area contributed by atoms with E-state index in [4.69, 9.17) is 0 Å². The summed E-state index contributed by atoms with van der Waals surface area (Å²) in [4.78, 5) is 17.4. The van der Waals surface area contributed by atoms with Crippen LogP contribution in [0.5, 0.6) is 0 Å². The zero-order valence-electron chi connectivity index (χ0n) is 15.6. The van der Waals surface area contributed by atoms with Crippen molar-refractivity contribution in [3.8, 4) is 0 Å². The smallest absolute Gasteiger partial charge is 0.227 e. The van der Waals surface area contributed by atoms with Crippen molar-refractivity contribution in [1.82, 2.24) is 10.2 Å². The molecular weight excluding hydrogens is 322 g/mol. The number of hydrogen-bond donors (Lipinski definition) is 1. The Labute approximate surface area is 156 Å². The van der Waals surface area contributed by atoms with Crippen LogP contribution < -0.4 is 10.2 Å². The van der Waals surface area contributed by atoms with E-state index in [1.54, 1.807) is 0 Å². The monoisotopic (exact) mass is 351 g/mol. The molecule has 1 fully saturated rings. The maximum absolute atomic E-state index is 12.5. The van der Waals surface area contributed by atoms with Crippen molar-refractivity contribution in [2.45, 2.75) is 19.3 Å². The summed E-state index contributed by atoms with van der Waals surface area (Å²) in [5, 5.41) is 3.13. The number of anilines is 1. The molecule has 138 valence electrons. The predicted molar refractivity (Wildman–Crippen MR) is 108 cm³/mol. The minimum absolute atomic E-state index is 0.0499. The molecule has 0 saturated carbocycles. The standard InChI is InChI=1S/C22H29N3O/c1-2-21(19-9-5-3-6-10-19)22(26)23-13-14-24-15-17-25(18-16-24)20-11-7-4-8-12-20/h3-12,21H,2,13-18H2,1H3,(H,23,26). The molecule has 1 heterocycles. The van der Waals surface area contributed by atoms with Gasteiger partial charge in [0.05, 0.1) is 5.92 Å². The molecule has 1 aliphatic rings. The van der Waals surface area contributed by atoms with Gasteiger partial charge in [0.15, 0.2) is 0 Å². The maximum Gasteiger partial charge on any atom is 0.227 e. The minimum Gasteiger partial charge on any atom is -0.369 e. The maximum atomic E-state index is 12.5. The van der Waals surface area contributed by atoms with Gasteiger partial charge in [-0.25, -0.2) is 0 Å². The molecule has 1 unspecified atom stereocenters. The van der Waals surface area contributed by atoms with E-state index in [9.17, 15) is 4.79 Å². The third kappa shape index (κ3) is 4.85. The van der Waals surface area contributed by atoms with Crippen molar-refractivity contribution >= 4 is 11.6 Å². The number of hydrogen-bond acceptors (Lipinski definition) is 3. The largest absolute Gasteiger partial charge is 0.369 e. The van der Waals surface area contributed by atoms with Gasteiger partial charge in [-0.15, -0.1) is 0 Å². The van der Waals surface area contributed by atoms with E-state index in [2.05, 4.69) is 52.4 Å². The van der Waals surface area contributed by atoms with Gasteiger partial charge in [-0.1, -0.05) is 55.5 Å². The van der Waals surface area contributed by atoms with E-state index in [1.165, 1.54) is 5.69 Å². The van der Waals surface area contributed by atoms with Crippen LogP contribution >= 0.6 is 0 Å². The Kier molecular flexibility index (Phi) is 6.67.